The van der Waals surface area contributed by atoms with Crippen LogP contribution in [-0.4, -0.2) is 49.5 Å². The smallest absolute Gasteiger partial charge is 0.244 e. The van der Waals surface area contributed by atoms with Crippen molar-refractivity contribution in [3.63, 3.8) is 0 Å². The Morgan fingerprint density at radius 3 is 2.62 bits per heavy atom. The van der Waals surface area contributed by atoms with Crippen molar-refractivity contribution in [2.24, 2.45) is 4.99 Å². The van der Waals surface area contributed by atoms with Crippen molar-refractivity contribution < 1.29 is 9.18 Å². The first kappa shape index (κ1) is 20.9. The van der Waals surface area contributed by atoms with Crippen LogP contribution in [0.3, 0.4) is 0 Å². The van der Waals surface area contributed by atoms with E-state index in [1.54, 1.807) is 12.1 Å². The molecule has 5 nitrogen and oxygen atoms in total. The van der Waals surface area contributed by atoms with E-state index < -0.39 is 0 Å². The van der Waals surface area contributed by atoms with Gasteiger partial charge in [-0.15, -0.1) is 24.0 Å². The van der Waals surface area contributed by atoms with Crippen LogP contribution in [0, 0.1) is 5.82 Å². The molecule has 2 aliphatic rings. The molecule has 3 rings (SSSR count). The van der Waals surface area contributed by atoms with Gasteiger partial charge in [0, 0.05) is 31.6 Å². The molecule has 1 heterocycles. The zero-order valence-corrected chi connectivity index (χ0v) is 17.6. The van der Waals surface area contributed by atoms with Crippen LogP contribution in [0.25, 0.3) is 0 Å². The molecule has 0 spiro atoms. The van der Waals surface area contributed by atoms with Crippen molar-refractivity contribution >= 4 is 35.8 Å². The Bertz CT molecular complexity index is 642. The molecule has 0 bridgehead atoms. The highest BCUT2D eigenvalue weighted by Gasteiger charge is 2.44. The molecule has 1 aliphatic heterocycles. The Hall–Kier alpha value is -1.38. The zero-order chi connectivity index (χ0) is 17.7. The van der Waals surface area contributed by atoms with Crippen molar-refractivity contribution in [1.82, 2.24) is 15.5 Å². The van der Waals surface area contributed by atoms with Gasteiger partial charge < -0.3 is 15.5 Å². The van der Waals surface area contributed by atoms with E-state index in [4.69, 9.17) is 0 Å². The van der Waals surface area contributed by atoms with E-state index >= 15 is 0 Å². The maximum Gasteiger partial charge on any atom is 0.244 e. The van der Waals surface area contributed by atoms with E-state index in [1.165, 1.54) is 6.07 Å². The number of hydrogen-bond acceptors (Lipinski definition) is 2. The average molecular weight is 474 g/mol. The molecule has 7 heteroatoms. The van der Waals surface area contributed by atoms with Crippen molar-refractivity contribution in [2.45, 2.75) is 38.0 Å². The van der Waals surface area contributed by atoms with Crippen LogP contribution in [0.5, 0.6) is 0 Å². The summed E-state index contributed by atoms with van der Waals surface area (Å²) in [5.74, 6) is 0.541. The molecule has 0 unspecified atom stereocenters. The number of carbonyl (C=O) groups excluding carboxylic acids is 1. The minimum atomic E-state index is -0.194. The summed E-state index contributed by atoms with van der Waals surface area (Å²) in [5, 5.41) is 6.52. The topological polar surface area (TPSA) is 56.7 Å². The Kier molecular flexibility index (Phi) is 7.67. The second kappa shape index (κ2) is 9.53. The Morgan fingerprint density at radius 1 is 1.27 bits per heavy atom. The molecule has 144 valence electrons. The number of guanidine groups is 1. The number of halogens is 2. The predicted molar refractivity (Wildman–Crippen MR) is 113 cm³/mol. The largest absolute Gasteiger partial charge is 0.357 e. The van der Waals surface area contributed by atoms with Crippen LogP contribution in [0.2, 0.25) is 0 Å². The molecule has 2 N–H and O–H groups in total. The van der Waals surface area contributed by atoms with E-state index in [-0.39, 0.29) is 47.7 Å². The standard InChI is InChI=1S/C19H27FN4O.HI/c1-2-21-18(22-13-17(25)24-10-3-4-11-24)23-14-19(8-9-19)15-6-5-7-16(20)12-15;/h5-7,12H,2-4,8-11,13-14H2,1H3,(H2,21,22,23);1H. The van der Waals surface area contributed by atoms with Gasteiger partial charge in [-0.25, -0.2) is 9.38 Å². The fourth-order valence-corrected chi connectivity index (χ4v) is 3.34. The summed E-state index contributed by atoms with van der Waals surface area (Å²) in [7, 11) is 0. The summed E-state index contributed by atoms with van der Waals surface area (Å²) in [4.78, 5) is 18.5. The first-order valence-corrected chi connectivity index (χ1v) is 9.19. The molecule has 1 saturated carbocycles. The highest BCUT2D eigenvalue weighted by molar-refractivity contribution is 14.0. The van der Waals surface area contributed by atoms with E-state index in [2.05, 4.69) is 15.6 Å². The second-order valence-corrected chi connectivity index (χ2v) is 6.93. The number of aliphatic imine (C=N–C) groups is 1. The molecule has 1 aromatic rings. The predicted octanol–water partition coefficient (Wildman–Crippen LogP) is 2.65. The second-order valence-electron chi connectivity index (χ2n) is 6.93. The van der Waals surface area contributed by atoms with Crippen LogP contribution in [0.15, 0.2) is 29.3 Å². The van der Waals surface area contributed by atoms with Crippen molar-refractivity contribution in [2.75, 3.05) is 32.7 Å². The highest BCUT2D eigenvalue weighted by atomic mass is 127. The van der Waals surface area contributed by atoms with Crippen LogP contribution in [0.1, 0.15) is 38.2 Å². The number of carbonyl (C=O) groups is 1. The Morgan fingerprint density at radius 2 is 2.00 bits per heavy atom. The van der Waals surface area contributed by atoms with E-state index in [9.17, 15) is 9.18 Å². The highest BCUT2D eigenvalue weighted by Crippen LogP contribution is 2.47. The molecule has 0 radical (unpaired) electrons. The quantitative estimate of drug-likeness (QED) is 0.379. The number of likely N-dealkylation sites (tertiary alicyclic amines) is 1. The molecule has 1 aliphatic carbocycles. The zero-order valence-electron chi connectivity index (χ0n) is 15.3. The molecular weight excluding hydrogens is 446 g/mol. The van der Waals surface area contributed by atoms with Gasteiger partial charge >= 0.3 is 0 Å². The van der Waals surface area contributed by atoms with Crippen molar-refractivity contribution in [3.05, 3.63) is 35.6 Å². The number of rotatable bonds is 6. The average Bonchev–Trinajstić information content (AvgIpc) is 3.20. The minimum absolute atomic E-state index is 0. The van der Waals surface area contributed by atoms with Crippen molar-refractivity contribution in [3.8, 4) is 0 Å². The van der Waals surface area contributed by atoms with E-state index in [0.717, 1.165) is 50.9 Å². The lowest BCUT2D eigenvalue weighted by atomic mass is 9.96. The number of nitrogens with one attached hydrogen (secondary N) is 2. The number of amides is 1. The summed E-state index contributed by atoms with van der Waals surface area (Å²) >= 11 is 0. The number of nitrogens with zero attached hydrogens (tertiary/aromatic N) is 2. The lowest BCUT2D eigenvalue weighted by Gasteiger charge is -2.19. The van der Waals surface area contributed by atoms with Crippen LogP contribution in [0.4, 0.5) is 4.39 Å². The summed E-state index contributed by atoms with van der Waals surface area (Å²) in [6.07, 6.45) is 4.25. The summed E-state index contributed by atoms with van der Waals surface area (Å²) in [5.41, 5.74) is 1.01. The molecule has 1 amide bonds. The lowest BCUT2D eigenvalue weighted by Crippen LogP contribution is -2.42. The third-order valence-electron chi connectivity index (χ3n) is 5.06. The minimum Gasteiger partial charge on any atom is -0.357 e. The fourth-order valence-electron chi connectivity index (χ4n) is 3.34. The molecule has 0 aromatic heterocycles. The maximum absolute atomic E-state index is 13.5. The monoisotopic (exact) mass is 474 g/mol. The summed E-state index contributed by atoms with van der Waals surface area (Å²) in [6, 6.07) is 6.84. The maximum atomic E-state index is 13.5. The van der Waals surface area contributed by atoms with Gasteiger partial charge in [-0.1, -0.05) is 12.1 Å². The van der Waals surface area contributed by atoms with Gasteiger partial charge in [-0.3, -0.25) is 4.79 Å². The van der Waals surface area contributed by atoms with Gasteiger partial charge in [0.2, 0.25) is 5.91 Å². The number of benzene rings is 1. The molecule has 2 fully saturated rings. The van der Waals surface area contributed by atoms with Gasteiger partial charge in [0.1, 0.15) is 12.4 Å². The lowest BCUT2D eigenvalue weighted by molar-refractivity contribution is -0.128. The molecule has 1 saturated heterocycles. The third kappa shape index (κ3) is 5.31. The first-order chi connectivity index (χ1) is 12.1. The van der Waals surface area contributed by atoms with Crippen LogP contribution < -0.4 is 10.6 Å². The Balaban J connectivity index is 0.00000243. The molecule has 1 aromatic carbocycles. The number of hydrogen-bond donors (Lipinski definition) is 2. The van der Waals surface area contributed by atoms with Gasteiger partial charge in [0.05, 0.1) is 0 Å². The van der Waals surface area contributed by atoms with E-state index in [0.29, 0.717) is 12.5 Å². The Labute approximate surface area is 171 Å². The SMILES string of the molecule is CCNC(=NCC(=O)N1CCCC1)NCC1(c2cccc(F)c2)CC1.I. The third-order valence-corrected chi connectivity index (χ3v) is 5.06. The van der Waals surface area contributed by atoms with Crippen molar-refractivity contribution in [1.29, 1.82) is 0 Å². The molecular formula is C19H28FIN4O. The summed E-state index contributed by atoms with van der Waals surface area (Å²) < 4.78 is 13.5. The first-order valence-electron chi connectivity index (χ1n) is 9.19. The normalized spacial score (nSPS) is 18.2. The van der Waals surface area contributed by atoms with Crippen LogP contribution in [-0.2, 0) is 10.2 Å². The van der Waals surface area contributed by atoms with Gasteiger partial charge in [-0.05, 0) is 50.3 Å². The van der Waals surface area contributed by atoms with E-state index in [1.807, 2.05) is 17.9 Å². The van der Waals surface area contributed by atoms with Gasteiger partial charge in [0.25, 0.3) is 0 Å². The fraction of sp³-hybridized carbons (Fsp3) is 0.579. The van der Waals surface area contributed by atoms with Gasteiger partial charge in [-0.2, -0.15) is 0 Å². The van der Waals surface area contributed by atoms with Gasteiger partial charge in [0.15, 0.2) is 5.96 Å². The molecule has 0 atom stereocenters. The van der Waals surface area contributed by atoms with Crippen LogP contribution >= 0.6 is 24.0 Å². The summed E-state index contributed by atoms with van der Waals surface area (Å²) in [6.45, 7) is 5.29. The molecule has 26 heavy (non-hydrogen) atoms.